The first-order valence-corrected chi connectivity index (χ1v) is 10.2. The van der Waals surface area contributed by atoms with E-state index in [0.717, 1.165) is 32.4 Å². The number of H-pyrrole nitrogens is 1. The average Bonchev–Trinajstić information content (AvgIpc) is 3.12. The van der Waals surface area contributed by atoms with Crippen molar-refractivity contribution < 1.29 is 4.79 Å². The van der Waals surface area contributed by atoms with E-state index in [-0.39, 0.29) is 11.5 Å². The van der Waals surface area contributed by atoms with E-state index in [4.69, 9.17) is 0 Å². The molecule has 5 heteroatoms. The van der Waals surface area contributed by atoms with Crippen LogP contribution in [0.25, 0.3) is 21.0 Å². The third-order valence-electron chi connectivity index (χ3n) is 5.22. The Labute approximate surface area is 167 Å². The molecule has 28 heavy (non-hydrogen) atoms. The summed E-state index contributed by atoms with van der Waals surface area (Å²) in [6, 6.07) is 13.7. The standard InChI is InChI=1S/C23H22N2O2S/c1-5-25(16-8-7-14(3)15(4)11-16)23(27)20-12-18-21(28-20)17-10-13(2)6-9-19(17)24-22(18)26/h6-12H,5H2,1-4H3,(H,24,26). The molecule has 0 fully saturated rings. The Balaban J connectivity index is 1.85. The van der Waals surface area contributed by atoms with Crippen molar-refractivity contribution in [1.29, 1.82) is 0 Å². The number of nitrogens with zero attached hydrogens (tertiary/aromatic N) is 1. The van der Waals surface area contributed by atoms with Gasteiger partial charge in [-0.1, -0.05) is 17.7 Å². The van der Waals surface area contributed by atoms with Crippen LogP contribution in [0.4, 0.5) is 5.69 Å². The zero-order valence-corrected chi connectivity index (χ0v) is 17.2. The van der Waals surface area contributed by atoms with Gasteiger partial charge in [-0.2, -0.15) is 0 Å². The third kappa shape index (κ3) is 3.02. The molecule has 0 spiro atoms. The molecular formula is C23H22N2O2S. The first kappa shape index (κ1) is 18.4. The maximum absolute atomic E-state index is 13.3. The summed E-state index contributed by atoms with van der Waals surface area (Å²) in [5, 5.41) is 1.55. The minimum absolute atomic E-state index is 0.0767. The van der Waals surface area contributed by atoms with Gasteiger partial charge < -0.3 is 9.88 Å². The zero-order valence-electron chi connectivity index (χ0n) is 16.4. The van der Waals surface area contributed by atoms with E-state index in [1.807, 2.05) is 51.1 Å². The van der Waals surface area contributed by atoms with E-state index in [9.17, 15) is 9.59 Å². The van der Waals surface area contributed by atoms with Gasteiger partial charge in [-0.15, -0.1) is 11.3 Å². The molecule has 0 aliphatic heterocycles. The highest BCUT2D eigenvalue weighted by Gasteiger charge is 2.21. The fourth-order valence-corrected chi connectivity index (χ4v) is 4.61. The number of hydrogen-bond acceptors (Lipinski definition) is 3. The van der Waals surface area contributed by atoms with Gasteiger partial charge in [-0.3, -0.25) is 9.59 Å². The minimum Gasteiger partial charge on any atom is -0.321 e. The molecule has 142 valence electrons. The van der Waals surface area contributed by atoms with Crippen LogP contribution in [-0.2, 0) is 0 Å². The molecule has 0 saturated heterocycles. The lowest BCUT2D eigenvalue weighted by Gasteiger charge is -2.21. The van der Waals surface area contributed by atoms with Crippen LogP contribution >= 0.6 is 11.3 Å². The number of carbonyl (C=O) groups excluding carboxylic acids is 1. The molecule has 2 aromatic heterocycles. The van der Waals surface area contributed by atoms with E-state index in [2.05, 4.69) is 18.0 Å². The fourth-order valence-electron chi connectivity index (χ4n) is 3.48. The highest BCUT2D eigenvalue weighted by atomic mass is 32.1. The number of aromatic nitrogens is 1. The van der Waals surface area contributed by atoms with Crippen molar-refractivity contribution in [3.8, 4) is 0 Å². The number of nitrogens with one attached hydrogen (secondary N) is 1. The summed E-state index contributed by atoms with van der Waals surface area (Å²) in [5.74, 6) is -0.0767. The molecule has 4 nitrogen and oxygen atoms in total. The van der Waals surface area contributed by atoms with Crippen molar-refractivity contribution in [3.63, 3.8) is 0 Å². The van der Waals surface area contributed by atoms with Crippen LogP contribution in [-0.4, -0.2) is 17.4 Å². The summed E-state index contributed by atoms with van der Waals surface area (Å²) >= 11 is 1.39. The predicted molar refractivity (Wildman–Crippen MR) is 118 cm³/mol. The van der Waals surface area contributed by atoms with Gasteiger partial charge >= 0.3 is 0 Å². The van der Waals surface area contributed by atoms with Crippen LogP contribution < -0.4 is 10.5 Å². The van der Waals surface area contributed by atoms with Gasteiger partial charge in [0.2, 0.25) is 0 Å². The van der Waals surface area contributed by atoms with E-state index in [1.54, 1.807) is 11.0 Å². The lowest BCUT2D eigenvalue weighted by atomic mass is 10.1. The number of amides is 1. The van der Waals surface area contributed by atoms with Gasteiger partial charge in [-0.25, -0.2) is 0 Å². The first-order valence-electron chi connectivity index (χ1n) is 9.34. The van der Waals surface area contributed by atoms with Gasteiger partial charge in [0, 0.05) is 27.8 Å². The molecule has 0 aliphatic carbocycles. The van der Waals surface area contributed by atoms with E-state index >= 15 is 0 Å². The van der Waals surface area contributed by atoms with Crippen LogP contribution in [0.15, 0.2) is 47.3 Å². The second kappa shape index (κ2) is 6.91. The topological polar surface area (TPSA) is 53.2 Å². The first-order chi connectivity index (χ1) is 13.4. The molecular weight excluding hydrogens is 368 g/mol. The molecule has 0 saturated carbocycles. The molecule has 2 heterocycles. The zero-order chi connectivity index (χ0) is 20.0. The van der Waals surface area contributed by atoms with E-state index in [0.29, 0.717) is 16.8 Å². The Morgan fingerprint density at radius 3 is 2.50 bits per heavy atom. The number of fused-ring (bicyclic) bond motifs is 3. The molecule has 1 amide bonds. The Bertz CT molecular complexity index is 1280. The van der Waals surface area contributed by atoms with Gasteiger partial charge in [0.15, 0.2) is 0 Å². The second-order valence-electron chi connectivity index (χ2n) is 7.17. The number of anilines is 1. The number of carbonyl (C=O) groups is 1. The molecule has 2 aromatic carbocycles. The molecule has 1 N–H and O–H groups in total. The lowest BCUT2D eigenvalue weighted by molar-refractivity contribution is 0.0992. The Morgan fingerprint density at radius 1 is 1.00 bits per heavy atom. The van der Waals surface area contributed by atoms with Crippen molar-refractivity contribution >= 4 is 43.9 Å². The summed E-state index contributed by atoms with van der Waals surface area (Å²) in [7, 11) is 0. The van der Waals surface area contributed by atoms with Crippen molar-refractivity contribution in [2.24, 2.45) is 0 Å². The van der Waals surface area contributed by atoms with Crippen LogP contribution in [0.2, 0.25) is 0 Å². The number of aromatic amines is 1. The number of hydrogen-bond donors (Lipinski definition) is 1. The largest absolute Gasteiger partial charge is 0.321 e. The highest BCUT2D eigenvalue weighted by Crippen LogP contribution is 2.32. The summed E-state index contributed by atoms with van der Waals surface area (Å²) in [6.45, 7) is 8.65. The maximum Gasteiger partial charge on any atom is 0.268 e. The summed E-state index contributed by atoms with van der Waals surface area (Å²) in [6.07, 6.45) is 0. The summed E-state index contributed by atoms with van der Waals surface area (Å²) in [5.41, 5.74) is 4.98. The minimum atomic E-state index is -0.157. The van der Waals surface area contributed by atoms with Gasteiger partial charge in [0.05, 0.1) is 10.3 Å². The maximum atomic E-state index is 13.3. The molecule has 0 radical (unpaired) electrons. The average molecular weight is 391 g/mol. The lowest BCUT2D eigenvalue weighted by Crippen LogP contribution is -2.30. The monoisotopic (exact) mass is 390 g/mol. The Hall–Kier alpha value is -2.92. The van der Waals surface area contributed by atoms with Crippen LogP contribution in [0.3, 0.4) is 0 Å². The molecule has 0 bridgehead atoms. The Morgan fingerprint density at radius 2 is 1.79 bits per heavy atom. The predicted octanol–water partition coefficient (Wildman–Crippen LogP) is 5.33. The van der Waals surface area contributed by atoms with Crippen LogP contribution in [0, 0.1) is 20.8 Å². The van der Waals surface area contributed by atoms with Crippen LogP contribution in [0.5, 0.6) is 0 Å². The third-order valence-corrected chi connectivity index (χ3v) is 6.38. The van der Waals surface area contributed by atoms with Crippen molar-refractivity contribution in [2.45, 2.75) is 27.7 Å². The van der Waals surface area contributed by atoms with Crippen molar-refractivity contribution in [1.82, 2.24) is 4.98 Å². The van der Waals surface area contributed by atoms with Crippen molar-refractivity contribution in [2.75, 3.05) is 11.4 Å². The number of benzene rings is 2. The molecule has 4 aromatic rings. The van der Waals surface area contributed by atoms with E-state index in [1.165, 1.54) is 16.9 Å². The SMILES string of the molecule is CCN(C(=O)c1cc2c(=O)[nH]c3ccc(C)cc3c2s1)c1ccc(C)c(C)c1. The van der Waals surface area contributed by atoms with E-state index < -0.39 is 0 Å². The smallest absolute Gasteiger partial charge is 0.268 e. The highest BCUT2D eigenvalue weighted by molar-refractivity contribution is 7.21. The van der Waals surface area contributed by atoms with Gasteiger partial charge in [0.1, 0.15) is 0 Å². The molecule has 0 unspecified atom stereocenters. The Kier molecular flexibility index (Phi) is 4.55. The van der Waals surface area contributed by atoms with Crippen LogP contribution in [0.1, 0.15) is 33.3 Å². The number of pyridine rings is 1. The number of aryl methyl sites for hydroxylation is 3. The fraction of sp³-hybridized carbons (Fsp3) is 0.217. The molecule has 0 aliphatic rings. The normalized spacial score (nSPS) is 11.3. The van der Waals surface area contributed by atoms with Gasteiger partial charge in [-0.05, 0) is 69.2 Å². The quantitative estimate of drug-likeness (QED) is 0.514. The van der Waals surface area contributed by atoms with Gasteiger partial charge in [0.25, 0.3) is 11.5 Å². The van der Waals surface area contributed by atoms with Crippen molar-refractivity contribution in [3.05, 3.63) is 74.4 Å². The molecule has 4 rings (SSSR count). The number of thiophene rings is 1. The number of rotatable bonds is 3. The second-order valence-corrected chi connectivity index (χ2v) is 8.23. The summed E-state index contributed by atoms with van der Waals surface area (Å²) in [4.78, 5) is 31.1. The molecule has 0 atom stereocenters. The summed E-state index contributed by atoms with van der Waals surface area (Å²) < 4.78 is 0.863.